The Hall–Kier alpha value is -3.12. The number of hydrogen-bond acceptors (Lipinski definition) is 3. The minimum Gasteiger partial charge on any atom is -0.370 e. The molecule has 0 spiro atoms. The fourth-order valence-electron chi connectivity index (χ4n) is 3.19. The number of imidazole rings is 1. The van der Waals surface area contributed by atoms with Crippen molar-refractivity contribution in [2.45, 2.75) is 12.6 Å². The second kappa shape index (κ2) is 8.05. The van der Waals surface area contributed by atoms with Gasteiger partial charge in [-0.3, -0.25) is 0 Å². The lowest BCUT2D eigenvalue weighted by atomic mass is 10.1. The molecule has 1 aliphatic heterocycles. The van der Waals surface area contributed by atoms with Gasteiger partial charge >= 0.3 is 6.03 Å². The molecule has 27 heavy (non-hydrogen) atoms. The SMILES string of the molecule is O=C(NCc1ccc(-n2ccnc2)cc1)N1CCOC(c2ccccc2)C1. The zero-order valence-corrected chi connectivity index (χ0v) is 15.0. The second-order valence-corrected chi connectivity index (χ2v) is 6.51. The van der Waals surface area contributed by atoms with E-state index in [1.807, 2.05) is 70.3 Å². The first-order chi connectivity index (χ1) is 13.3. The average Bonchev–Trinajstić information content (AvgIpc) is 3.28. The predicted octanol–water partition coefficient (Wildman–Crippen LogP) is 3.16. The lowest BCUT2D eigenvalue weighted by Gasteiger charge is -2.33. The van der Waals surface area contributed by atoms with Crippen molar-refractivity contribution >= 4 is 6.03 Å². The third-order valence-electron chi connectivity index (χ3n) is 4.71. The highest BCUT2D eigenvalue weighted by Crippen LogP contribution is 2.21. The molecule has 1 fully saturated rings. The van der Waals surface area contributed by atoms with Gasteiger partial charge in [0.2, 0.25) is 0 Å². The summed E-state index contributed by atoms with van der Waals surface area (Å²) in [7, 11) is 0. The normalized spacial score (nSPS) is 16.9. The first-order valence-corrected chi connectivity index (χ1v) is 9.06. The van der Waals surface area contributed by atoms with Gasteiger partial charge in [-0.05, 0) is 23.3 Å². The van der Waals surface area contributed by atoms with Crippen LogP contribution in [0.15, 0.2) is 73.3 Å². The van der Waals surface area contributed by atoms with Crippen LogP contribution >= 0.6 is 0 Å². The standard InChI is InChI=1S/C21H22N4O2/c26-21(24-12-13-27-20(15-24)18-4-2-1-3-5-18)23-14-17-6-8-19(9-7-17)25-11-10-22-16-25/h1-11,16,20H,12-15H2,(H,23,26). The molecule has 0 radical (unpaired) electrons. The maximum absolute atomic E-state index is 12.5. The molecule has 2 amide bonds. The molecule has 1 aliphatic rings. The van der Waals surface area contributed by atoms with Crippen molar-refractivity contribution in [1.29, 1.82) is 0 Å². The van der Waals surface area contributed by atoms with Gasteiger partial charge in [0.15, 0.2) is 0 Å². The van der Waals surface area contributed by atoms with E-state index in [0.29, 0.717) is 26.2 Å². The lowest BCUT2D eigenvalue weighted by molar-refractivity contribution is -0.0154. The molecule has 1 unspecified atom stereocenters. The topological polar surface area (TPSA) is 59.4 Å². The van der Waals surface area contributed by atoms with E-state index in [4.69, 9.17) is 4.74 Å². The zero-order chi connectivity index (χ0) is 18.5. The van der Waals surface area contributed by atoms with Crippen molar-refractivity contribution in [3.05, 3.63) is 84.4 Å². The number of benzene rings is 2. The number of amides is 2. The average molecular weight is 362 g/mol. The molecule has 2 heterocycles. The molecule has 4 rings (SSSR count). The van der Waals surface area contributed by atoms with E-state index in [1.165, 1.54) is 0 Å². The van der Waals surface area contributed by atoms with Crippen LogP contribution in [-0.4, -0.2) is 40.2 Å². The highest BCUT2D eigenvalue weighted by atomic mass is 16.5. The summed E-state index contributed by atoms with van der Waals surface area (Å²) < 4.78 is 7.77. The van der Waals surface area contributed by atoms with E-state index < -0.39 is 0 Å². The van der Waals surface area contributed by atoms with Crippen molar-refractivity contribution in [1.82, 2.24) is 19.8 Å². The minimum absolute atomic E-state index is 0.0575. The molecule has 0 saturated carbocycles. The molecule has 3 aromatic rings. The number of urea groups is 1. The Morgan fingerprint density at radius 1 is 1.15 bits per heavy atom. The van der Waals surface area contributed by atoms with Crippen LogP contribution in [0.2, 0.25) is 0 Å². The molecule has 0 bridgehead atoms. The van der Waals surface area contributed by atoms with Gasteiger partial charge in [-0.25, -0.2) is 9.78 Å². The molecule has 2 aromatic carbocycles. The third kappa shape index (κ3) is 4.17. The van der Waals surface area contributed by atoms with Crippen molar-refractivity contribution in [2.24, 2.45) is 0 Å². The van der Waals surface area contributed by atoms with Crippen LogP contribution in [-0.2, 0) is 11.3 Å². The van der Waals surface area contributed by atoms with E-state index in [2.05, 4.69) is 10.3 Å². The van der Waals surface area contributed by atoms with Crippen LogP contribution in [0.1, 0.15) is 17.2 Å². The Kier molecular flexibility index (Phi) is 5.16. The Labute approximate surface area is 158 Å². The Balaban J connectivity index is 1.32. The van der Waals surface area contributed by atoms with E-state index in [9.17, 15) is 4.79 Å². The molecule has 6 nitrogen and oxygen atoms in total. The summed E-state index contributed by atoms with van der Waals surface area (Å²) in [4.78, 5) is 18.4. The number of carbonyl (C=O) groups excluding carboxylic acids is 1. The lowest BCUT2D eigenvalue weighted by Crippen LogP contribution is -2.46. The first kappa shape index (κ1) is 17.3. The molecule has 138 valence electrons. The zero-order valence-electron chi connectivity index (χ0n) is 15.0. The molecule has 0 aliphatic carbocycles. The van der Waals surface area contributed by atoms with Gasteiger partial charge in [-0.2, -0.15) is 0 Å². The van der Waals surface area contributed by atoms with Gasteiger partial charge in [-0.15, -0.1) is 0 Å². The fraction of sp³-hybridized carbons (Fsp3) is 0.238. The third-order valence-corrected chi connectivity index (χ3v) is 4.71. The summed E-state index contributed by atoms with van der Waals surface area (Å²) in [5.74, 6) is 0. The number of hydrogen-bond donors (Lipinski definition) is 1. The van der Waals surface area contributed by atoms with Gasteiger partial charge in [0.25, 0.3) is 0 Å². The number of nitrogens with zero attached hydrogens (tertiary/aromatic N) is 3. The van der Waals surface area contributed by atoms with Gasteiger partial charge in [0, 0.05) is 31.2 Å². The molecule has 1 N–H and O–H groups in total. The molecular weight excluding hydrogens is 340 g/mol. The van der Waals surface area contributed by atoms with Gasteiger partial charge in [0.1, 0.15) is 6.10 Å². The van der Waals surface area contributed by atoms with Crippen LogP contribution in [0, 0.1) is 0 Å². The summed E-state index contributed by atoms with van der Waals surface area (Å²) in [6.07, 6.45) is 5.34. The number of morpholine rings is 1. The maximum atomic E-state index is 12.5. The van der Waals surface area contributed by atoms with E-state index in [-0.39, 0.29) is 12.1 Å². The van der Waals surface area contributed by atoms with E-state index in [0.717, 1.165) is 16.8 Å². The Morgan fingerprint density at radius 3 is 2.70 bits per heavy atom. The Morgan fingerprint density at radius 2 is 1.96 bits per heavy atom. The number of aromatic nitrogens is 2. The molecular formula is C21H22N4O2. The second-order valence-electron chi connectivity index (χ2n) is 6.51. The largest absolute Gasteiger partial charge is 0.370 e. The summed E-state index contributed by atoms with van der Waals surface area (Å²) in [5.41, 5.74) is 3.20. The van der Waals surface area contributed by atoms with Crippen molar-refractivity contribution in [3.63, 3.8) is 0 Å². The monoisotopic (exact) mass is 362 g/mol. The van der Waals surface area contributed by atoms with Crippen molar-refractivity contribution < 1.29 is 9.53 Å². The molecule has 6 heteroatoms. The van der Waals surface area contributed by atoms with Gasteiger partial charge < -0.3 is 19.5 Å². The van der Waals surface area contributed by atoms with Crippen LogP contribution in [0.25, 0.3) is 5.69 Å². The highest BCUT2D eigenvalue weighted by Gasteiger charge is 2.25. The predicted molar refractivity (Wildman–Crippen MR) is 103 cm³/mol. The highest BCUT2D eigenvalue weighted by molar-refractivity contribution is 5.74. The quantitative estimate of drug-likeness (QED) is 0.776. The Bertz CT molecular complexity index is 863. The van der Waals surface area contributed by atoms with Crippen LogP contribution < -0.4 is 5.32 Å². The molecule has 1 saturated heterocycles. The minimum atomic E-state index is -0.0693. The van der Waals surface area contributed by atoms with Gasteiger partial charge in [-0.1, -0.05) is 42.5 Å². The fourth-order valence-corrected chi connectivity index (χ4v) is 3.19. The number of rotatable bonds is 4. The summed E-state index contributed by atoms with van der Waals surface area (Å²) >= 11 is 0. The van der Waals surface area contributed by atoms with E-state index >= 15 is 0 Å². The van der Waals surface area contributed by atoms with E-state index in [1.54, 1.807) is 12.5 Å². The first-order valence-electron chi connectivity index (χ1n) is 9.06. The van der Waals surface area contributed by atoms with Crippen molar-refractivity contribution in [2.75, 3.05) is 19.7 Å². The summed E-state index contributed by atoms with van der Waals surface area (Å²) in [5, 5.41) is 3.01. The number of carbonyl (C=O) groups is 1. The maximum Gasteiger partial charge on any atom is 0.317 e. The van der Waals surface area contributed by atoms with Crippen molar-refractivity contribution in [3.8, 4) is 5.69 Å². The summed E-state index contributed by atoms with van der Waals surface area (Å²) in [6, 6.07) is 18.0. The van der Waals surface area contributed by atoms with Crippen LogP contribution in [0.3, 0.4) is 0 Å². The number of nitrogens with one attached hydrogen (secondary N) is 1. The van der Waals surface area contributed by atoms with Crippen LogP contribution in [0.4, 0.5) is 4.79 Å². The van der Waals surface area contributed by atoms with Crippen LogP contribution in [0.5, 0.6) is 0 Å². The smallest absolute Gasteiger partial charge is 0.317 e. The summed E-state index contributed by atoms with van der Waals surface area (Å²) in [6.45, 7) is 2.22. The molecule has 1 atom stereocenters. The van der Waals surface area contributed by atoms with Gasteiger partial charge in [0.05, 0.1) is 19.5 Å². The molecule has 1 aromatic heterocycles. The number of ether oxygens (including phenoxy) is 1.